The standard InChI is InChI=1S/C29H46N8O5/c1-16(2)12-20(30)25(38)36-23(14-18-15-34-21-9-6-5-8-19(18)21)27(40)35-22(10-7-11-33-29(31)32)26(39)37-24(28(41)42)13-17(3)4/h5-6,8-9,15-17,20,22-24,34H,7,10-14,30H2,1-4H3,(H,35,40)(H,36,38)(H,37,39)(H,41,42)(H4,31,32,33). The summed E-state index contributed by atoms with van der Waals surface area (Å²) in [5, 5.41) is 18.6. The maximum Gasteiger partial charge on any atom is 0.326 e. The smallest absolute Gasteiger partial charge is 0.326 e. The van der Waals surface area contributed by atoms with Crippen LogP contribution < -0.4 is 33.2 Å². The number of nitrogens with one attached hydrogen (secondary N) is 4. The van der Waals surface area contributed by atoms with Crippen molar-refractivity contribution in [3.8, 4) is 0 Å². The van der Waals surface area contributed by atoms with Crippen LogP contribution in [0.4, 0.5) is 0 Å². The number of aromatic nitrogens is 1. The number of rotatable bonds is 17. The first kappa shape index (κ1) is 34.1. The summed E-state index contributed by atoms with van der Waals surface area (Å²) in [6.07, 6.45) is 3.00. The van der Waals surface area contributed by atoms with E-state index in [1.807, 2.05) is 52.0 Å². The van der Waals surface area contributed by atoms with Crippen molar-refractivity contribution in [1.29, 1.82) is 0 Å². The number of para-hydroxylation sites is 1. The fraction of sp³-hybridized carbons (Fsp3) is 0.552. The summed E-state index contributed by atoms with van der Waals surface area (Å²) in [6.45, 7) is 7.78. The second kappa shape index (κ2) is 16.3. The van der Waals surface area contributed by atoms with E-state index in [1.165, 1.54) is 0 Å². The van der Waals surface area contributed by atoms with Gasteiger partial charge in [0, 0.05) is 30.1 Å². The number of benzene rings is 1. The van der Waals surface area contributed by atoms with Gasteiger partial charge in [0.15, 0.2) is 5.96 Å². The topological polar surface area (TPSA) is 231 Å². The molecular formula is C29H46N8O5. The van der Waals surface area contributed by atoms with Gasteiger partial charge < -0.3 is 43.2 Å². The number of amides is 3. The molecule has 0 aliphatic heterocycles. The Morgan fingerprint density at radius 1 is 0.881 bits per heavy atom. The van der Waals surface area contributed by atoms with Crippen LogP contribution in [-0.4, -0.2) is 70.5 Å². The Hall–Kier alpha value is -4.13. The second-order valence-electron chi connectivity index (χ2n) is 11.4. The normalized spacial score (nSPS) is 14.2. The van der Waals surface area contributed by atoms with E-state index in [-0.39, 0.29) is 43.6 Å². The molecule has 0 aliphatic rings. The molecule has 4 atom stereocenters. The Balaban J connectivity index is 2.32. The molecule has 3 amide bonds. The number of aromatic amines is 1. The number of carboxylic acid groups (broad SMARTS) is 1. The molecule has 232 valence electrons. The Kier molecular flexibility index (Phi) is 13.3. The van der Waals surface area contributed by atoms with Crippen molar-refractivity contribution in [2.75, 3.05) is 6.54 Å². The van der Waals surface area contributed by atoms with Crippen molar-refractivity contribution in [2.24, 2.45) is 34.0 Å². The number of carbonyl (C=O) groups is 4. The van der Waals surface area contributed by atoms with Crippen molar-refractivity contribution in [3.05, 3.63) is 36.0 Å². The second-order valence-corrected chi connectivity index (χ2v) is 11.4. The van der Waals surface area contributed by atoms with Gasteiger partial charge in [-0.1, -0.05) is 45.9 Å². The zero-order chi connectivity index (χ0) is 31.4. The van der Waals surface area contributed by atoms with E-state index in [0.717, 1.165) is 16.5 Å². The van der Waals surface area contributed by atoms with Gasteiger partial charge in [0.05, 0.1) is 6.04 Å². The highest BCUT2D eigenvalue weighted by molar-refractivity contribution is 5.95. The van der Waals surface area contributed by atoms with Crippen LogP contribution in [0.2, 0.25) is 0 Å². The highest BCUT2D eigenvalue weighted by Crippen LogP contribution is 2.19. The molecule has 0 bridgehead atoms. The van der Waals surface area contributed by atoms with Crippen molar-refractivity contribution >= 4 is 40.6 Å². The molecule has 0 aliphatic carbocycles. The van der Waals surface area contributed by atoms with E-state index >= 15 is 0 Å². The zero-order valence-electron chi connectivity index (χ0n) is 24.9. The van der Waals surface area contributed by atoms with Crippen LogP contribution in [0.25, 0.3) is 10.9 Å². The predicted octanol–water partition coefficient (Wildman–Crippen LogP) is 0.723. The van der Waals surface area contributed by atoms with E-state index in [0.29, 0.717) is 12.8 Å². The monoisotopic (exact) mass is 586 g/mol. The number of hydrogen-bond acceptors (Lipinski definition) is 6. The number of hydrogen-bond donors (Lipinski definition) is 8. The highest BCUT2D eigenvalue weighted by Gasteiger charge is 2.31. The number of guanidine groups is 1. The maximum atomic E-state index is 13.7. The van der Waals surface area contributed by atoms with Crippen LogP contribution in [0.5, 0.6) is 0 Å². The number of aliphatic imine (C=N–C) groups is 1. The third-order valence-electron chi connectivity index (χ3n) is 6.69. The number of aliphatic carboxylic acids is 1. The third kappa shape index (κ3) is 11.0. The van der Waals surface area contributed by atoms with Gasteiger partial charge in [-0.15, -0.1) is 0 Å². The van der Waals surface area contributed by atoms with Gasteiger partial charge in [-0.25, -0.2) is 4.79 Å². The Morgan fingerprint density at radius 3 is 2.10 bits per heavy atom. The fourth-order valence-corrected chi connectivity index (χ4v) is 4.63. The number of H-pyrrole nitrogens is 1. The van der Waals surface area contributed by atoms with Gasteiger partial charge in [0.1, 0.15) is 18.1 Å². The summed E-state index contributed by atoms with van der Waals surface area (Å²) in [6, 6.07) is 3.44. The van der Waals surface area contributed by atoms with E-state index in [4.69, 9.17) is 17.2 Å². The molecule has 4 unspecified atom stereocenters. The Bertz CT molecular complexity index is 1240. The summed E-state index contributed by atoms with van der Waals surface area (Å²) in [7, 11) is 0. The first-order valence-electron chi connectivity index (χ1n) is 14.3. The maximum absolute atomic E-state index is 13.7. The molecule has 2 aromatic rings. The van der Waals surface area contributed by atoms with Gasteiger partial charge in [0.2, 0.25) is 17.7 Å². The molecule has 1 heterocycles. The van der Waals surface area contributed by atoms with Gasteiger partial charge in [-0.05, 0) is 49.1 Å². The lowest BCUT2D eigenvalue weighted by molar-refractivity contribution is -0.142. The quantitative estimate of drug-likeness (QED) is 0.0746. The molecule has 0 radical (unpaired) electrons. The van der Waals surface area contributed by atoms with Gasteiger partial charge in [-0.2, -0.15) is 0 Å². The third-order valence-corrected chi connectivity index (χ3v) is 6.69. The van der Waals surface area contributed by atoms with Gasteiger partial charge in [0.25, 0.3) is 0 Å². The predicted molar refractivity (Wildman–Crippen MR) is 162 cm³/mol. The van der Waals surface area contributed by atoms with Crippen molar-refractivity contribution in [2.45, 2.75) is 84.0 Å². The van der Waals surface area contributed by atoms with Crippen LogP contribution in [-0.2, 0) is 25.6 Å². The van der Waals surface area contributed by atoms with Crippen molar-refractivity contribution in [3.63, 3.8) is 0 Å². The molecule has 2 rings (SSSR count). The van der Waals surface area contributed by atoms with Crippen LogP contribution in [0.1, 0.15) is 58.9 Å². The minimum Gasteiger partial charge on any atom is -0.480 e. The molecular weight excluding hydrogens is 540 g/mol. The molecule has 0 fully saturated rings. The van der Waals surface area contributed by atoms with Crippen LogP contribution in [0.15, 0.2) is 35.5 Å². The zero-order valence-corrected chi connectivity index (χ0v) is 24.9. The number of nitrogens with two attached hydrogens (primary N) is 3. The molecule has 1 aromatic heterocycles. The minimum atomic E-state index is -1.17. The first-order chi connectivity index (χ1) is 19.8. The molecule has 11 N–H and O–H groups in total. The molecule has 0 saturated carbocycles. The number of carbonyl (C=O) groups excluding carboxylic acids is 3. The van der Waals surface area contributed by atoms with Crippen LogP contribution >= 0.6 is 0 Å². The van der Waals surface area contributed by atoms with E-state index in [1.54, 1.807) is 6.20 Å². The highest BCUT2D eigenvalue weighted by atomic mass is 16.4. The molecule has 13 heteroatoms. The molecule has 0 saturated heterocycles. The summed E-state index contributed by atoms with van der Waals surface area (Å²) >= 11 is 0. The van der Waals surface area contributed by atoms with Gasteiger partial charge >= 0.3 is 5.97 Å². The van der Waals surface area contributed by atoms with Crippen molar-refractivity contribution in [1.82, 2.24) is 20.9 Å². The average molecular weight is 587 g/mol. The SMILES string of the molecule is CC(C)CC(N)C(=O)NC(Cc1c[nH]c2ccccc12)C(=O)NC(CCCN=C(N)N)C(=O)NC(CC(C)C)C(=O)O. The molecule has 13 nitrogen and oxygen atoms in total. The molecule has 42 heavy (non-hydrogen) atoms. The largest absolute Gasteiger partial charge is 0.480 e. The molecule has 0 spiro atoms. The number of fused-ring (bicyclic) bond motifs is 1. The Labute approximate surface area is 246 Å². The first-order valence-corrected chi connectivity index (χ1v) is 14.3. The fourth-order valence-electron chi connectivity index (χ4n) is 4.63. The van der Waals surface area contributed by atoms with E-state index < -0.39 is 47.9 Å². The lowest BCUT2D eigenvalue weighted by Gasteiger charge is -2.26. The van der Waals surface area contributed by atoms with E-state index in [9.17, 15) is 24.3 Å². The van der Waals surface area contributed by atoms with Gasteiger partial charge in [-0.3, -0.25) is 19.4 Å². The lowest BCUT2D eigenvalue weighted by Crippen LogP contribution is -2.57. The van der Waals surface area contributed by atoms with Crippen LogP contribution in [0, 0.1) is 11.8 Å². The summed E-state index contributed by atoms with van der Waals surface area (Å²) < 4.78 is 0. The summed E-state index contributed by atoms with van der Waals surface area (Å²) in [4.78, 5) is 58.9. The van der Waals surface area contributed by atoms with Crippen LogP contribution in [0.3, 0.4) is 0 Å². The number of nitrogens with zero attached hydrogens (tertiary/aromatic N) is 1. The Morgan fingerprint density at radius 2 is 1.48 bits per heavy atom. The minimum absolute atomic E-state index is 0.00659. The number of carboxylic acids is 1. The van der Waals surface area contributed by atoms with E-state index in [2.05, 4.69) is 25.9 Å². The summed E-state index contributed by atoms with van der Waals surface area (Å²) in [5.41, 5.74) is 18.6. The van der Waals surface area contributed by atoms with Crippen molar-refractivity contribution < 1.29 is 24.3 Å². The lowest BCUT2D eigenvalue weighted by atomic mass is 10.0. The molecule has 1 aromatic carbocycles. The average Bonchev–Trinajstić information content (AvgIpc) is 3.31. The summed E-state index contributed by atoms with van der Waals surface area (Å²) in [5.74, 6) is -2.86.